The molecule has 1 aliphatic rings. The molecule has 2 rings (SSSR count). The topological polar surface area (TPSA) is 41.6 Å². The number of unbranched alkanes of at least 4 members (excludes halogenated alkanes) is 1. The van der Waals surface area contributed by atoms with E-state index >= 15 is 0 Å². The summed E-state index contributed by atoms with van der Waals surface area (Å²) >= 11 is 0. The molecule has 1 aromatic carbocycles. The molecule has 26 heavy (non-hydrogen) atoms. The second kappa shape index (κ2) is 8.29. The van der Waals surface area contributed by atoms with E-state index in [-0.39, 0.29) is 18.9 Å². The van der Waals surface area contributed by atoms with Crippen molar-refractivity contribution in [2.24, 2.45) is 5.41 Å². The predicted octanol–water partition coefficient (Wildman–Crippen LogP) is 4.10. The molecule has 0 aromatic heterocycles. The number of nitrogens with one attached hydrogen (secondary N) is 1. The number of alkyl halides is 3. The van der Waals surface area contributed by atoms with Crippen molar-refractivity contribution < 1.29 is 22.7 Å². The van der Waals surface area contributed by atoms with Gasteiger partial charge in [-0.3, -0.25) is 10.2 Å². The lowest BCUT2D eigenvalue weighted by atomic mass is 9.94. The lowest BCUT2D eigenvalue weighted by Gasteiger charge is -2.29. The van der Waals surface area contributed by atoms with Gasteiger partial charge in [-0.15, -0.1) is 0 Å². The Morgan fingerprint density at radius 2 is 1.88 bits per heavy atom. The largest absolute Gasteiger partial charge is 0.494 e. The highest BCUT2D eigenvalue weighted by atomic mass is 19.4. The van der Waals surface area contributed by atoms with E-state index in [0.29, 0.717) is 19.4 Å². The lowest BCUT2D eigenvalue weighted by molar-refractivity contribution is -0.190. The van der Waals surface area contributed by atoms with Crippen LogP contribution in [0.25, 0.3) is 0 Å². The van der Waals surface area contributed by atoms with Crippen molar-refractivity contribution in [1.29, 1.82) is 0 Å². The molecule has 1 aliphatic heterocycles. The van der Waals surface area contributed by atoms with Crippen molar-refractivity contribution in [1.82, 2.24) is 10.4 Å². The predicted molar refractivity (Wildman–Crippen MR) is 93.6 cm³/mol. The molecule has 146 valence electrons. The van der Waals surface area contributed by atoms with Gasteiger partial charge in [0.15, 0.2) is 0 Å². The number of hydrazine groups is 1. The van der Waals surface area contributed by atoms with Gasteiger partial charge in [0, 0.05) is 6.54 Å². The van der Waals surface area contributed by atoms with Gasteiger partial charge in [0.25, 0.3) is 0 Å². The van der Waals surface area contributed by atoms with Gasteiger partial charge in [-0.1, -0.05) is 18.6 Å². The van der Waals surface area contributed by atoms with Gasteiger partial charge in [0.05, 0.1) is 12.0 Å². The van der Waals surface area contributed by atoms with E-state index in [0.717, 1.165) is 22.7 Å². The summed E-state index contributed by atoms with van der Waals surface area (Å²) in [5.41, 5.74) is 2.66. The summed E-state index contributed by atoms with van der Waals surface area (Å²) < 4.78 is 45.6. The van der Waals surface area contributed by atoms with Crippen LogP contribution in [0.1, 0.15) is 45.6 Å². The molecule has 4 nitrogen and oxygen atoms in total. The summed E-state index contributed by atoms with van der Waals surface area (Å²) in [6, 6.07) is 5.98. The maximum Gasteiger partial charge on any atom is 0.405 e. The summed E-state index contributed by atoms with van der Waals surface area (Å²) in [5.74, 6) is 0.432. The van der Waals surface area contributed by atoms with Gasteiger partial charge < -0.3 is 4.74 Å². The molecule has 0 spiro atoms. The summed E-state index contributed by atoms with van der Waals surface area (Å²) in [6.45, 7) is 5.88. The normalized spacial score (nSPS) is 18.6. The molecule has 0 aliphatic carbocycles. The number of nitrogens with zero attached hydrogens (tertiary/aromatic N) is 1. The van der Waals surface area contributed by atoms with Crippen molar-refractivity contribution in [2.75, 3.05) is 13.2 Å². The monoisotopic (exact) mass is 372 g/mol. The highest BCUT2D eigenvalue weighted by Gasteiger charge is 2.49. The molecule has 1 heterocycles. The van der Waals surface area contributed by atoms with Crippen LogP contribution in [-0.2, 0) is 11.2 Å². The fourth-order valence-electron chi connectivity index (χ4n) is 3.09. The zero-order valence-corrected chi connectivity index (χ0v) is 15.5. The minimum absolute atomic E-state index is 0.0309. The Bertz CT molecular complexity index is 600. The Hall–Kier alpha value is -1.76. The summed E-state index contributed by atoms with van der Waals surface area (Å²) in [6.07, 6.45) is -2.59. The summed E-state index contributed by atoms with van der Waals surface area (Å²) in [5, 5.41) is 1.05. The molecule has 1 N–H and O–H groups in total. The van der Waals surface area contributed by atoms with Crippen LogP contribution in [0.15, 0.2) is 24.3 Å². The molecule has 7 heteroatoms. The molecule has 0 bridgehead atoms. The van der Waals surface area contributed by atoms with Crippen LogP contribution in [0.4, 0.5) is 13.2 Å². The third-order valence-electron chi connectivity index (χ3n) is 4.61. The smallest absolute Gasteiger partial charge is 0.405 e. The maximum atomic E-state index is 13.4. The Morgan fingerprint density at radius 1 is 1.23 bits per heavy atom. The molecule has 0 radical (unpaired) electrons. The van der Waals surface area contributed by atoms with Crippen LogP contribution in [0.2, 0.25) is 0 Å². The van der Waals surface area contributed by atoms with E-state index in [9.17, 15) is 18.0 Å². The highest BCUT2D eigenvalue weighted by molar-refractivity contribution is 5.83. The number of ether oxygens (including phenoxy) is 1. The Kier molecular flexibility index (Phi) is 6.55. The molecule has 1 unspecified atom stereocenters. The number of hydrogen-bond acceptors (Lipinski definition) is 3. The molecule has 1 fully saturated rings. The third kappa shape index (κ3) is 5.37. The lowest BCUT2D eigenvalue weighted by Crippen LogP contribution is -2.49. The standard InChI is InChI=1S/C19H27F3N2O2/c1-4-26-15-11-9-14(10-12-15)7-5-6-8-16(19(20,21)22)24-13-18(2,3)17(25)23-24/h9-12,16H,4-8,13H2,1-3H3,(H,23,25). The molecule has 1 atom stereocenters. The fraction of sp³-hybridized carbons (Fsp3) is 0.632. The third-order valence-corrected chi connectivity index (χ3v) is 4.61. The molecule has 1 amide bonds. The van der Waals surface area contributed by atoms with Gasteiger partial charge in [0.1, 0.15) is 11.8 Å². The fourth-order valence-corrected chi connectivity index (χ4v) is 3.09. The van der Waals surface area contributed by atoms with Crippen LogP contribution in [0, 0.1) is 5.41 Å². The molecular weight excluding hydrogens is 345 g/mol. The van der Waals surface area contributed by atoms with Gasteiger partial charge in [-0.25, -0.2) is 5.01 Å². The highest BCUT2D eigenvalue weighted by Crippen LogP contribution is 2.33. The van der Waals surface area contributed by atoms with Crippen molar-refractivity contribution in [3.8, 4) is 5.75 Å². The van der Waals surface area contributed by atoms with E-state index < -0.39 is 17.6 Å². The number of benzene rings is 1. The average molecular weight is 372 g/mol. The number of hydrogen-bond donors (Lipinski definition) is 1. The van der Waals surface area contributed by atoms with Crippen LogP contribution in [-0.4, -0.2) is 36.3 Å². The Labute approximate surface area is 152 Å². The number of amides is 1. The van der Waals surface area contributed by atoms with E-state index in [2.05, 4.69) is 5.43 Å². The zero-order valence-electron chi connectivity index (χ0n) is 15.5. The quantitative estimate of drug-likeness (QED) is 0.699. The van der Waals surface area contributed by atoms with Crippen molar-refractivity contribution in [2.45, 2.75) is 58.7 Å². The first-order valence-corrected chi connectivity index (χ1v) is 8.99. The maximum absolute atomic E-state index is 13.4. The second-order valence-corrected chi connectivity index (χ2v) is 7.33. The van der Waals surface area contributed by atoms with Gasteiger partial charge in [-0.05, 0) is 57.7 Å². The van der Waals surface area contributed by atoms with Crippen LogP contribution >= 0.6 is 0 Å². The minimum atomic E-state index is -4.37. The van der Waals surface area contributed by atoms with Crippen molar-refractivity contribution >= 4 is 5.91 Å². The van der Waals surface area contributed by atoms with E-state index in [1.807, 2.05) is 31.2 Å². The van der Waals surface area contributed by atoms with Gasteiger partial charge in [0.2, 0.25) is 5.91 Å². The van der Waals surface area contributed by atoms with Gasteiger partial charge >= 0.3 is 6.18 Å². The summed E-state index contributed by atoms with van der Waals surface area (Å²) in [4.78, 5) is 11.8. The van der Waals surface area contributed by atoms with E-state index in [1.54, 1.807) is 13.8 Å². The van der Waals surface area contributed by atoms with Crippen LogP contribution < -0.4 is 10.2 Å². The van der Waals surface area contributed by atoms with Crippen LogP contribution in [0.3, 0.4) is 0 Å². The first kappa shape index (κ1) is 20.6. The molecule has 1 saturated heterocycles. The Balaban J connectivity index is 1.85. The number of rotatable bonds is 8. The average Bonchev–Trinajstić information content (AvgIpc) is 2.80. The van der Waals surface area contributed by atoms with Crippen molar-refractivity contribution in [3.63, 3.8) is 0 Å². The second-order valence-electron chi connectivity index (χ2n) is 7.33. The van der Waals surface area contributed by atoms with Crippen molar-refractivity contribution in [3.05, 3.63) is 29.8 Å². The minimum Gasteiger partial charge on any atom is -0.494 e. The molecule has 1 aromatic rings. The van der Waals surface area contributed by atoms with E-state index in [1.165, 1.54) is 0 Å². The number of carbonyl (C=O) groups is 1. The Morgan fingerprint density at radius 3 is 2.38 bits per heavy atom. The van der Waals surface area contributed by atoms with E-state index in [4.69, 9.17) is 4.74 Å². The molecule has 0 saturated carbocycles. The number of aryl methyl sites for hydroxylation is 1. The molecular formula is C19H27F3N2O2. The van der Waals surface area contributed by atoms with Crippen LogP contribution in [0.5, 0.6) is 5.75 Å². The number of halogens is 3. The SMILES string of the molecule is CCOc1ccc(CCCCC(N2CC(C)(C)C(=O)N2)C(F)(F)F)cc1. The van der Waals surface area contributed by atoms with Gasteiger partial charge in [-0.2, -0.15) is 13.2 Å². The summed E-state index contributed by atoms with van der Waals surface area (Å²) in [7, 11) is 0. The zero-order chi connectivity index (χ0) is 19.4. The first-order chi connectivity index (χ1) is 12.1. The number of carbonyl (C=O) groups excluding carboxylic acids is 1. The first-order valence-electron chi connectivity index (χ1n) is 8.99.